The SMILES string of the molecule is CCCCNc1nn(-c2ccncn2)c(N)c1C(=O)OC. The number of nitrogens with zero attached hydrogens (tertiary/aromatic N) is 4. The van der Waals surface area contributed by atoms with Crippen LogP contribution in [0.5, 0.6) is 0 Å². The second-order valence-electron chi connectivity index (χ2n) is 4.36. The molecule has 0 spiro atoms. The summed E-state index contributed by atoms with van der Waals surface area (Å²) in [6.07, 6.45) is 4.95. The maximum Gasteiger partial charge on any atom is 0.345 e. The summed E-state index contributed by atoms with van der Waals surface area (Å²) in [7, 11) is 1.31. The van der Waals surface area contributed by atoms with E-state index in [1.807, 2.05) is 0 Å². The van der Waals surface area contributed by atoms with Crippen molar-refractivity contribution in [3.63, 3.8) is 0 Å². The van der Waals surface area contributed by atoms with E-state index in [0.717, 1.165) is 12.8 Å². The van der Waals surface area contributed by atoms with E-state index in [9.17, 15) is 4.79 Å². The van der Waals surface area contributed by atoms with Crippen LogP contribution in [-0.2, 0) is 4.74 Å². The zero-order chi connectivity index (χ0) is 15.2. The highest BCUT2D eigenvalue weighted by Crippen LogP contribution is 2.24. The van der Waals surface area contributed by atoms with Crippen molar-refractivity contribution in [2.45, 2.75) is 19.8 Å². The Kier molecular flexibility index (Phi) is 4.70. The molecule has 0 saturated carbocycles. The molecule has 0 unspecified atom stereocenters. The number of anilines is 2. The molecule has 8 nitrogen and oxygen atoms in total. The Morgan fingerprint density at radius 1 is 1.52 bits per heavy atom. The highest BCUT2D eigenvalue weighted by molar-refractivity contribution is 5.99. The molecule has 0 bridgehead atoms. The van der Waals surface area contributed by atoms with Gasteiger partial charge >= 0.3 is 5.97 Å². The van der Waals surface area contributed by atoms with Gasteiger partial charge < -0.3 is 15.8 Å². The Labute approximate surface area is 122 Å². The summed E-state index contributed by atoms with van der Waals surface area (Å²) in [5, 5.41) is 7.41. The van der Waals surface area contributed by atoms with E-state index in [1.54, 1.807) is 12.3 Å². The van der Waals surface area contributed by atoms with Crippen molar-refractivity contribution in [3.05, 3.63) is 24.2 Å². The van der Waals surface area contributed by atoms with Gasteiger partial charge in [-0.25, -0.2) is 14.8 Å². The van der Waals surface area contributed by atoms with E-state index in [4.69, 9.17) is 10.5 Å². The van der Waals surface area contributed by atoms with Crippen LogP contribution in [0.25, 0.3) is 5.82 Å². The number of unbranched alkanes of at least 4 members (excludes halogenated alkanes) is 1. The van der Waals surface area contributed by atoms with Crippen LogP contribution in [0.3, 0.4) is 0 Å². The van der Waals surface area contributed by atoms with Gasteiger partial charge in [0.15, 0.2) is 11.6 Å². The zero-order valence-electron chi connectivity index (χ0n) is 12.0. The van der Waals surface area contributed by atoms with Crippen LogP contribution in [0.2, 0.25) is 0 Å². The second kappa shape index (κ2) is 6.69. The maximum absolute atomic E-state index is 11.9. The lowest BCUT2D eigenvalue weighted by atomic mass is 10.3. The van der Waals surface area contributed by atoms with Crippen LogP contribution in [0.1, 0.15) is 30.1 Å². The number of nitrogens with two attached hydrogens (primary N) is 1. The van der Waals surface area contributed by atoms with E-state index in [-0.39, 0.29) is 11.4 Å². The van der Waals surface area contributed by atoms with Gasteiger partial charge in [-0.05, 0) is 6.42 Å². The second-order valence-corrected chi connectivity index (χ2v) is 4.36. The summed E-state index contributed by atoms with van der Waals surface area (Å²) in [4.78, 5) is 19.8. The minimum Gasteiger partial charge on any atom is -0.465 e. The first-order valence-corrected chi connectivity index (χ1v) is 6.66. The van der Waals surface area contributed by atoms with Crippen LogP contribution in [0, 0.1) is 0 Å². The van der Waals surface area contributed by atoms with Crippen molar-refractivity contribution in [1.82, 2.24) is 19.7 Å². The summed E-state index contributed by atoms with van der Waals surface area (Å²) in [5.74, 6) is 0.522. The molecule has 2 rings (SSSR count). The summed E-state index contributed by atoms with van der Waals surface area (Å²) in [6, 6.07) is 1.65. The Morgan fingerprint density at radius 3 is 2.95 bits per heavy atom. The van der Waals surface area contributed by atoms with E-state index in [2.05, 4.69) is 27.3 Å². The van der Waals surface area contributed by atoms with E-state index < -0.39 is 5.97 Å². The summed E-state index contributed by atoms with van der Waals surface area (Å²) in [5.41, 5.74) is 6.23. The van der Waals surface area contributed by atoms with Gasteiger partial charge in [-0.2, -0.15) is 4.68 Å². The molecule has 0 amide bonds. The van der Waals surface area contributed by atoms with E-state index in [1.165, 1.54) is 18.1 Å². The Balaban J connectivity index is 2.41. The fourth-order valence-corrected chi connectivity index (χ4v) is 1.83. The fourth-order valence-electron chi connectivity index (χ4n) is 1.83. The molecule has 0 fully saturated rings. The first-order chi connectivity index (χ1) is 10.2. The van der Waals surface area contributed by atoms with Crippen molar-refractivity contribution in [2.24, 2.45) is 0 Å². The smallest absolute Gasteiger partial charge is 0.345 e. The molecule has 21 heavy (non-hydrogen) atoms. The average Bonchev–Trinajstić information content (AvgIpc) is 2.84. The molecule has 0 aromatic carbocycles. The molecule has 0 radical (unpaired) electrons. The molecule has 2 heterocycles. The number of aromatic nitrogens is 4. The first-order valence-electron chi connectivity index (χ1n) is 6.66. The van der Waals surface area contributed by atoms with Gasteiger partial charge in [-0.15, -0.1) is 5.10 Å². The molecule has 0 aliphatic carbocycles. The van der Waals surface area contributed by atoms with Gasteiger partial charge in [-0.3, -0.25) is 0 Å². The minimum absolute atomic E-state index is 0.180. The van der Waals surface area contributed by atoms with Crippen LogP contribution in [-0.4, -0.2) is 39.4 Å². The lowest BCUT2D eigenvalue weighted by Crippen LogP contribution is -2.10. The molecule has 0 aliphatic rings. The minimum atomic E-state index is -0.535. The van der Waals surface area contributed by atoms with E-state index >= 15 is 0 Å². The Morgan fingerprint density at radius 2 is 2.33 bits per heavy atom. The monoisotopic (exact) mass is 290 g/mol. The van der Waals surface area contributed by atoms with Crippen LogP contribution in [0.4, 0.5) is 11.6 Å². The molecule has 8 heteroatoms. The molecule has 3 N–H and O–H groups in total. The van der Waals surface area contributed by atoms with Gasteiger partial charge in [0, 0.05) is 18.8 Å². The lowest BCUT2D eigenvalue weighted by molar-refractivity contribution is 0.0603. The van der Waals surface area contributed by atoms with Crippen LogP contribution >= 0.6 is 0 Å². The van der Waals surface area contributed by atoms with Crippen LogP contribution in [0.15, 0.2) is 18.6 Å². The topological polar surface area (TPSA) is 108 Å². The molecular formula is C13H18N6O2. The Bertz CT molecular complexity index is 611. The molecule has 2 aromatic heterocycles. The van der Waals surface area contributed by atoms with Gasteiger partial charge in [0.1, 0.15) is 17.7 Å². The zero-order valence-corrected chi connectivity index (χ0v) is 12.0. The van der Waals surface area contributed by atoms with Gasteiger partial charge in [0.25, 0.3) is 0 Å². The number of nitrogen functional groups attached to an aromatic ring is 1. The number of ether oxygens (including phenoxy) is 1. The van der Waals surface area contributed by atoms with Gasteiger partial charge in [0.05, 0.1) is 7.11 Å². The predicted molar refractivity (Wildman–Crippen MR) is 78.3 cm³/mol. The highest BCUT2D eigenvalue weighted by atomic mass is 16.5. The summed E-state index contributed by atoms with van der Waals surface area (Å²) < 4.78 is 6.16. The lowest BCUT2D eigenvalue weighted by Gasteiger charge is -2.03. The standard InChI is InChI=1S/C13H18N6O2/c1-3-4-6-16-12-10(13(20)21-2)11(14)19(18-12)9-5-7-15-8-17-9/h5,7-8H,3-4,6,14H2,1-2H3,(H,16,18). The van der Waals surface area contributed by atoms with E-state index in [0.29, 0.717) is 18.2 Å². The van der Waals surface area contributed by atoms with Crippen molar-refractivity contribution in [3.8, 4) is 5.82 Å². The third-order valence-corrected chi connectivity index (χ3v) is 2.92. The molecule has 0 atom stereocenters. The number of carbonyl (C=O) groups is 1. The number of carbonyl (C=O) groups excluding carboxylic acids is 1. The van der Waals surface area contributed by atoms with Crippen molar-refractivity contribution >= 4 is 17.6 Å². The average molecular weight is 290 g/mol. The van der Waals surface area contributed by atoms with Crippen molar-refractivity contribution in [1.29, 1.82) is 0 Å². The highest BCUT2D eigenvalue weighted by Gasteiger charge is 2.23. The number of hydrogen-bond acceptors (Lipinski definition) is 7. The maximum atomic E-state index is 11.9. The summed E-state index contributed by atoms with van der Waals surface area (Å²) in [6.45, 7) is 2.78. The van der Waals surface area contributed by atoms with Crippen molar-refractivity contribution in [2.75, 3.05) is 24.7 Å². The van der Waals surface area contributed by atoms with Gasteiger partial charge in [0.2, 0.25) is 0 Å². The number of methoxy groups -OCH3 is 1. The van der Waals surface area contributed by atoms with Crippen LogP contribution < -0.4 is 11.1 Å². The van der Waals surface area contributed by atoms with Crippen molar-refractivity contribution < 1.29 is 9.53 Å². The van der Waals surface area contributed by atoms with Gasteiger partial charge in [-0.1, -0.05) is 13.3 Å². The first kappa shape index (κ1) is 14.8. The number of rotatable bonds is 6. The predicted octanol–water partition coefficient (Wildman–Crippen LogP) is 1.24. The molecule has 2 aromatic rings. The number of hydrogen-bond donors (Lipinski definition) is 2. The number of esters is 1. The molecular weight excluding hydrogens is 272 g/mol. The third kappa shape index (κ3) is 3.10. The molecule has 0 saturated heterocycles. The summed E-state index contributed by atoms with van der Waals surface area (Å²) >= 11 is 0. The Hall–Kier alpha value is -2.64. The quantitative estimate of drug-likeness (QED) is 0.608. The molecule has 0 aliphatic heterocycles. The third-order valence-electron chi connectivity index (χ3n) is 2.92. The largest absolute Gasteiger partial charge is 0.465 e. The number of nitrogens with one attached hydrogen (secondary N) is 1. The normalized spacial score (nSPS) is 10.4. The fraction of sp³-hybridized carbons (Fsp3) is 0.385. The molecule has 112 valence electrons.